The number of carbonyl (C=O) groups is 2. The lowest BCUT2D eigenvalue weighted by Crippen LogP contribution is -2.41. The maximum atomic E-state index is 12.3. The van der Waals surface area contributed by atoms with E-state index in [1.54, 1.807) is 52.2 Å². The van der Waals surface area contributed by atoms with Crippen LogP contribution in [-0.2, 0) is 25.3 Å². The van der Waals surface area contributed by atoms with Crippen LogP contribution < -0.4 is 10.1 Å². The fraction of sp³-hybridized carbons (Fsp3) is 0.565. The summed E-state index contributed by atoms with van der Waals surface area (Å²) in [5.41, 5.74) is 0.0585. The van der Waals surface area contributed by atoms with Gasteiger partial charge in [-0.15, -0.1) is 0 Å². The highest BCUT2D eigenvalue weighted by atomic mass is 16.7. The minimum atomic E-state index is -0.950. The molecule has 1 saturated heterocycles. The molecule has 0 aliphatic carbocycles. The van der Waals surface area contributed by atoms with E-state index in [1.807, 2.05) is 27.7 Å². The van der Waals surface area contributed by atoms with Gasteiger partial charge in [-0.3, -0.25) is 4.79 Å². The quantitative estimate of drug-likeness (QED) is 0.612. The number of rotatable bonds is 7. The van der Waals surface area contributed by atoms with Crippen molar-refractivity contribution < 1.29 is 33.5 Å². The van der Waals surface area contributed by atoms with Gasteiger partial charge in [-0.1, -0.05) is 12.1 Å². The van der Waals surface area contributed by atoms with Crippen LogP contribution in [-0.4, -0.2) is 54.7 Å². The van der Waals surface area contributed by atoms with Crippen LogP contribution in [0, 0.1) is 0 Å². The number of aliphatic carboxylic acids is 1. The maximum Gasteiger partial charge on any atom is 0.492 e. The molecule has 0 saturated carbocycles. The van der Waals surface area contributed by atoms with Crippen molar-refractivity contribution in [3.63, 3.8) is 0 Å². The van der Waals surface area contributed by atoms with E-state index in [0.29, 0.717) is 22.3 Å². The van der Waals surface area contributed by atoms with Gasteiger partial charge < -0.3 is 29.2 Å². The van der Waals surface area contributed by atoms with Crippen LogP contribution in [0.4, 0.5) is 4.79 Å². The van der Waals surface area contributed by atoms with Gasteiger partial charge >= 0.3 is 19.2 Å². The lowest BCUT2D eigenvalue weighted by Gasteiger charge is -2.32. The lowest BCUT2D eigenvalue weighted by molar-refractivity contribution is -0.136. The number of carboxylic acids is 1. The molecule has 0 radical (unpaired) electrons. The highest BCUT2D eigenvalue weighted by molar-refractivity contribution is 6.56. The molecule has 1 aliphatic heterocycles. The van der Waals surface area contributed by atoms with Crippen molar-refractivity contribution in [2.24, 2.45) is 0 Å². The number of hydrogen-bond donors (Lipinski definition) is 2. The predicted molar refractivity (Wildman–Crippen MR) is 123 cm³/mol. The molecular weight excluding hydrogens is 413 g/mol. The average Bonchev–Trinajstić information content (AvgIpc) is 2.85. The van der Waals surface area contributed by atoms with Gasteiger partial charge in [-0.25, -0.2) is 4.79 Å². The van der Waals surface area contributed by atoms with Crippen molar-refractivity contribution in [2.45, 2.75) is 71.7 Å². The number of nitrogens with one attached hydrogen (secondary N) is 1. The fourth-order valence-electron chi connectivity index (χ4n) is 3.04. The number of hydrogen-bond acceptors (Lipinski definition) is 6. The minimum Gasteiger partial charge on any atom is -0.497 e. The Bertz CT molecular complexity index is 871. The van der Waals surface area contributed by atoms with E-state index < -0.39 is 36.0 Å². The third-order valence-electron chi connectivity index (χ3n) is 5.43. The molecular formula is C23H34BNO7. The molecule has 32 heavy (non-hydrogen) atoms. The number of methoxy groups -OCH3 is 1. The third kappa shape index (κ3) is 6.74. The summed E-state index contributed by atoms with van der Waals surface area (Å²) >= 11 is 0. The van der Waals surface area contributed by atoms with Crippen molar-refractivity contribution in [3.05, 3.63) is 34.8 Å². The van der Waals surface area contributed by atoms with Crippen LogP contribution in [0.15, 0.2) is 23.7 Å². The zero-order chi connectivity index (χ0) is 24.3. The smallest absolute Gasteiger partial charge is 0.492 e. The number of carbonyl (C=O) groups excluding carboxylic acids is 1. The van der Waals surface area contributed by atoms with E-state index >= 15 is 0 Å². The highest BCUT2D eigenvalue weighted by Gasteiger charge is 2.52. The van der Waals surface area contributed by atoms with Gasteiger partial charge in [0.25, 0.3) is 0 Å². The Morgan fingerprint density at radius 2 is 1.75 bits per heavy atom. The first kappa shape index (κ1) is 25.7. The lowest BCUT2D eigenvalue weighted by atomic mass is 9.76. The molecule has 1 aromatic carbocycles. The Morgan fingerprint density at radius 3 is 2.25 bits per heavy atom. The summed E-state index contributed by atoms with van der Waals surface area (Å²) in [5.74, 6) is -0.368. The monoisotopic (exact) mass is 447 g/mol. The first-order valence-corrected chi connectivity index (χ1v) is 10.6. The van der Waals surface area contributed by atoms with E-state index in [4.69, 9.17) is 18.8 Å². The molecule has 2 N–H and O–H groups in total. The van der Waals surface area contributed by atoms with Gasteiger partial charge in [0.05, 0.1) is 24.7 Å². The summed E-state index contributed by atoms with van der Waals surface area (Å²) in [4.78, 5) is 23.6. The normalized spacial score (nSPS) is 17.8. The molecule has 1 aromatic rings. The van der Waals surface area contributed by atoms with E-state index in [0.717, 1.165) is 0 Å². The highest BCUT2D eigenvalue weighted by Crippen LogP contribution is 2.39. The second-order valence-corrected chi connectivity index (χ2v) is 9.80. The van der Waals surface area contributed by atoms with Gasteiger partial charge in [0.2, 0.25) is 0 Å². The van der Waals surface area contributed by atoms with Crippen LogP contribution in [0.25, 0.3) is 6.08 Å². The van der Waals surface area contributed by atoms with Gasteiger partial charge in [-0.05, 0) is 77.2 Å². The summed E-state index contributed by atoms with van der Waals surface area (Å²) in [6, 6.07) is 5.17. The Hall–Kier alpha value is -2.52. The van der Waals surface area contributed by atoms with Crippen LogP contribution in [0.5, 0.6) is 5.75 Å². The fourth-order valence-corrected chi connectivity index (χ4v) is 3.04. The Labute approximate surface area is 190 Å². The van der Waals surface area contributed by atoms with Gasteiger partial charge in [0.1, 0.15) is 11.4 Å². The molecule has 9 heteroatoms. The number of benzene rings is 1. The molecule has 1 aliphatic rings. The van der Waals surface area contributed by atoms with Gasteiger partial charge in [0.15, 0.2) is 0 Å². The summed E-state index contributed by atoms with van der Waals surface area (Å²) in [6.07, 6.45) is 1.04. The Balaban J connectivity index is 2.43. The number of carboxylic acid groups (broad SMARTS) is 1. The molecule has 0 unspecified atom stereocenters. The van der Waals surface area contributed by atoms with E-state index in [-0.39, 0.29) is 13.0 Å². The summed E-state index contributed by atoms with van der Waals surface area (Å²) < 4.78 is 23.0. The molecule has 1 heterocycles. The zero-order valence-electron chi connectivity index (χ0n) is 20.2. The van der Waals surface area contributed by atoms with Crippen LogP contribution in [0.3, 0.4) is 0 Å². The molecule has 2 rings (SSSR count). The first-order valence-electron chi connectivity index (χ1n) is 10.6. The molecule has 0 aromatic heterocycles. The van der Waals surface area contributed by atoms with Crippen LogP contribution >= 0.6 is 0 Å². The van der Waals surface area contributed by atoms with Crippen molar-refractivity contribution in [2.75, 3.05) is 13.7 Å². The molecule has 8 nitrogen and oxygen atoms in total. The van der Waals surface area contributed by atoms with E-state index in [2.05, 4.69) is 5.32 Å². The maximum absolute atomic E-state index is 12.3. The predicted octanol–water partition coefficient (Wildman–Crippen LogP) is 3.86. The molecule has 1 fully saturated rings. The largest absolute Gasteiger partial charge is 0.497 e. The SMILES string of the molecule is COc1ccc(CC(=O)O)c(C=C(CNC(=O)OC(C)(C)C)B2OC(C)(C)C(C)(C)O2)c1. The van der Waals surface area contributed by atoms with Crippen molar-refractivity contribution >= 4 is 25.3 Å². The minimum absolute atomic E-state index is 0.0927. The molecule has 0 bridgehead atoms. The number of amides is 1. The summed E-state index contributed by atoms with van der Waals surface area (Å²) in [5, 5.41) is 12.1. The zero-order valence-corrected chi connectivity index (χ0v) is 20.2. The van der Waals surface area contributed by atoms with E-state index in [1.165, 1.54) is 0 Å². The average molecular weight is 447 g/mol. The summed E-state index contributed by atoms with van der Waals surface area (Å²) in [7, 11) is 0.803. The molecule has 0 atom stereocenters. The summed E-state index contributed by atoms with van der Waals surface area (Å²) in [6.45, 7) is 13.2. The third-order valence-corrected chi connectivity index (χ3v) is 5.43. The second-order valence-electron chi connectivity index (χ2n) is 9.80. The molecule has 0 spiro atoms. The van der Waals surface area contributed by atoms with Gasteiger partial charge in [0, 0.05) is 6.54 Å². The van der Waals surface area contributed by atoms with Crippen molar-refractivity contribution in [1.82, 2.24) is 5.32 Å². The van der Waals surface area contributed by atoms with Gasteiger partial charge in [-0.2, -0.15) is 0 Å². The van der Waals surface area contributed by atoms with Crippen molar-refractivity contribution in [1.29, 1.82) is 0 Å². The Morgan fingerprint density at radius 1 is 1.16 bits per heavy atom. The topological polar surface area (TPSA) is 103 Å². The molecule has 1 amide bonds. The van der Waals surface area contributed by atoms with E-state index in [9.17, 15) is 14.7 Å². The van der Waals surface area contributed by atoms with Crippen LogP contribution in [0.2, 0.25) is 0 Å². The molecule has 176 valence electrons. The Kier molecular flexibility index (Phi) is 7.68. The number of ether oxygens (including phenoxy) is 2. The first-order chi connectivity index (χ1) is 14.6. The van der Waals surface area contributed by atoms with Crippen LogP contribution in [0.1, 0.15) is 59.6 Å². The second kappa shape index (κ2) is 9.54. The number of alkyl carbamates (subject to hydrolysis) is 1. The van der Waals surface area contributed by atoms with Crippen molar-refractivity contribution in [3.8, 4) is 5.75 Å². The standard InChI is InChI=1S/C23H34BNO7/c1-21(2,3)30-20(28)25-14-17(24-31-22(4,5)23(6,7)32-24)11-16-12-18(29-8)10-9-15(16)13-19(26)27/h9-12H,13-14H2,1-8H3,(H,25,28)(H,26,27).